The average molecular weight is 262 g/mol. The molecule has 0 aromatic heterocycles. The van der Waals surface area contributed by atoms with Gasteiger partial charge in [-0.05, 0) is 24.6 Å². The Morgan fingerprint density at radius 3 is 2.85 bits per heavy atom. The first-order chi connectivity index (χ1) is 6.24. The lowest BCUT2D eigenvalue weighted by Crippen LogP contribution is -1.90. The lowest BCUT2D eigenvalue weighted by Gasteiger charge is -2.04. The number of aliphatic hydroxyl groups excluding tert-OH is 1. The summed E-state index contributed by atoms with van der Waals surface area (Å²) < 4.78 is 0.997. The van der Waals surface area contributed by atoms with E-state index in [9.17, 15) is 0 Å². The second-order valence-electron chi connectivity index (χ2n) is 2.61. The van der Waals surface area contributed by atoms with E-state index >= 15 is 0 Å². The van der Waals surface area contributed by atoms with Crippen LogP contribution in [0.4, 0.5) is 5.69 Å². The fraction of sp³-hybridized carbons (Fsp3) is 0.333. The van der Waals surface area contributed by atoms with Crippen molar-refractivity contribution in [1.82, 2.24) is 0 Å². The highest BCUT2D eigenvalue weighted by molar-refractivity contribution is 9.10. The zero-order valence-corrected chi connectivity index (χ0v) is 9.57. The molecule has 0 unspecified atom stereocenters. The molecule has 0 bridgehead atoms. The van der Waals surface area contributed by atoms with Gasteiger partial charge in [0.25, 0.3) is 0 Å². The Kier molecular flexibility index (Phi) is 4.62. The van der Waals surface area contributed by atoms with E-state index in [0.717, 1.165) is 27.2 Å². The summed E-state index contributed by atoms with van der Waals surface area (Å²) in [6.45, 7) is 0.240. The van der Waals surface area contributed by atoms with E-state index in [1.165, 1.54) is 0 Å². The number of aliphatic hydroxyl groups is 1. The van der Waals surface area contributed by atoms with Gasteiger partial charge in [-0.25, -0.2) is 0 Å². The van der Waals surface area contributed by atoms with Crippen LogP contribution in [0, 0.1) is 0 Å². The van der Waals surface area contributed by atoms with Crippen LogP contribution in [0.25, 0.3) is 0 Å². The molecule has 0 saturated carbocycles. The van der Waals surface area contributed by atoms with Crippen LogP contribution in [0.3, 0.4) is 0 Å². The second kappa shape index (κ2) is 5.52. The molecule has 0 amide bonds. The first-order valence-electron chi connectivity index (χ1n) is 4.02. The van der Waals surface area contributed by atoms with E-state index in [1.54, 1.807) is 11.8 Å². The van der Waals surface area contributed by atoms with Crippen LogP contribution < -0.4 is 5.73 Å². The van der Waals surface area contributed by atoms with E-state index < -0.39 is 0 Å². The van der Waals surface area contributed by atoms with Gasteiger partial charge in [0.2, 0.25) is 0 Å². The third kappa shape index (κ3) is 3.58. The molecule has 0 spiro atoms. The zero-order chi connectivity index (χ0) is 9.68. The molecule has 0 aliphatic carbocycles. The molecular formula is C9H12BrNOS. The van der Waals surface area contributed by atoms with Crippen molar-refractivity contribution in [2.45, 2.75) is 11.3 Å². The molecule has 0 atom stereocenters. The predicted octanol–water partition coefficient (Wildman–Crippen LogP) is 2.51. The molecule has 1 aromatic rings. The minimum Gasteiger partial charge on any atom is -0.398 e. The molecule has 2 nitrogen and oxygen atoms in total. The minimum absolute atomic E-state index is 0.240. The molecule has 13 heavy (non-hydrogen) atoms. The standard InChI is InChI=1S/C9H12BrNOS/c10-7-2-3-9(8(11)6-7)13-5-1-4-12/h2-3,6,12H,1,4-5,11H2. The van der Waals surface area contributed by atoms with Crippen LogP contribution in [-0.4, -0.2) is 17.5 Å². The summed E-state index contributed by atoms with van der Waals surface area (Å²) in [5.74, 6) is 0.905. The molecule has 0 heterocycles. The monoisotopic (exact) mass is 261 g/mol. The highest BCUT2D eigenvalue weighted by atomic mass is 79.9. The van der Waals surface area contributed by atoms with E-state index in [2.05, 4.69) is 15.9 Å². The number of nitrogens with two attached hydrogens (primary N) is 1. The van der Waals surface area contributed by atoms with Crippen molar-refractivity contribution in [3.05, 3.63) is 22.7 Å². The van der Waals surface area contributed by atoms with Crippen molar-refractivity contribution in [2.75, 3.05) is 18.1 Å². The fourth-order valence-electron chi connectivity index (χ4n) is 0.897. The number of halogens is 1. The summed E-state index contributed by atoms with van der Waals surface area (Å²) in [5.41, 5.74) is 6.58. The third-order valence-corrected chi connectivity index (χ3v) is 3.20. The molecule has 1 rings (SSSR count). The van der Waals surface area contributed by atoms with Gasteiger partial charge in [-0.15, -0.1) is 11.8 Å². The molecule has 0 saturated heterocycles. The van der Waals surface area contributed by atoms with Crippen molar-refractivity contribution in [2.24, 2.45) is 0 Å². The average Bonchev–Trinajstić information content (AvgIpc) is 2.09. The fourth-order valence-corrected chi connectivity index (χ4v) is 2.16. The molecule has 1 aromatic carbocycles. The highest BCUT2D eigenvalue weighted by Gasteiger charge is 1.99. The van der Waals surface area contributed by atoms with E-state index in [0.29, 0.717) is 0 Å². The Bertz CT molecular complexity index is 280. The summed E-state index contributed by atoms with van der Waals surface area (Å²) in [4.78, 5) is 1.08. The van der Waals surface area contributed by atoms with Crippen molar-refractivity contribution in [1.29, 1.82) is 0 Å². The first-order valence-corrected chi connectivity index (χ1v) is 5.80. The summed E-state index contributed by atoms with van der Waals surface area (Å²) in [5, 5.41) is 8.61. The van der Waals surface area contributed by atoms with Crippen LogP contribution in [0.5, 0.6) is 0 Å². The van der Waals surface area contributed by atoms with Gasteiger partial charge >= 0.3 is 0 Å². The van der Waals surface area contributed by atoms with Crippen LogP contribution in [0.2, 0.25) is 0 Å². The lowest BCUT2D eigenvalue weighted by molar-refractivity contribution is 0.296. The maximum atomic E-state index is 8.61. The Labute approximate surface area is 90.7 Å². The molecule has 0 aliphatic rings. The highest BCUT2D eigenvalue weighted by Crippen LogP contribution is 2.27. The summed E-state index contributed by atoms with van der Waals surface area (Å²) in [7, 11) is 0. The molecule has 0 fully saturated rings. The Morgan fingerprint density at radius 2 is 2.23 bits per heavy atom. The molecule has 0 aliphatic heterocycles. The van der Waals surface area contributed by atoms with E-state index in [-0.39, 0.29) is 6.61 Å². The molecule has 4 heteroatoms. The maximum Gasteiger partial charge on any atom is 0.0463 e. The van der Waals surface area contributed by atoms with Crippen molar-refractivity contribution < 1.29 is 5.11 Å². The minimum atomic E-state index is 0.240. The Balaban J connectivity index is 2.56. The van der Waals surface area contributed by atoms with Crippen LogP contribution in [-0.2, 0) is 0 Å². The van der Waals surface area contributed by atoms with E-state index in [1.807, 2.05) is 18.2 Å². The summed E-state index contributed by atoms with van der Waals surface area (Å²) in [6, 6.07) is 5.85. The Morgan fingerprint density at radius 1 is 1.46 bits per heavy atom. The van der Waals surface area contributed by atoms with Crippen LogP contribution in [0.15, 0.2) is 27.6 Å². The lowest BCUT2D eigenvalue weighted by atomic mass is 10.3. The molecular weight excluding hydrogens is 250 g/mol. The molecule has 3 N–H and O–H groups in total. The number of hydrogen-bond donors (Lipinski definition) is 2. The molecule has 0 radical (unpaired) electrons. The second-order valence-corrected chi connectivity index (χ2v) is 4.66. The third-order valence-electron chi connectivity index (χ3n) is 1.53. The van der Waals surface area contributed by atoms with Crippen molar-refractivity contribution >= 4 is 33.4 Å². The first kappa shape index (κ1) is 10.9. The number of hydrogen-bond acceptors (Lipinski definition) is 3. The van der Waals surface area contributed by atoms with Gasteiger partial charge in [-0.3, -0.25) is 0 Å². The van der Waals surface area contributed by atoms with Crippen molar-refractivity contribution in [3.8, 4) is 0 Å². The van der Waals surface area contributed by atoms with Gasteiger partial charge in [0.1, 0.15) is 0 Å². The number of anilines is 1. The largest absolute Gasteiger partial charge is 0.398 e. The smallest absolute Gasteiger partial charge is 0.0463 e. The molecule has 72 valence electrons. The topological polar surface area (TPSA) is 46.2 Å². The van der Waals surface area contributed by atoms with Gasteiger partial charge in [0.05, 0.1) is 0 Å². The SMILES string of the molecule is Nc1cc(Br)ccc1SCCCO. The summed E-state index contributed by atoms with van der Waals surface area (Å²) in [6.07, 6.45) is 0.806. The van der Waals surface area contributed by atoms with Gasteiger partial charge < -0.3 is 10.8 Å². The number of nitrogen functional groups attached to an aromatic ring is 1. The van der Waals surface area contributed by atoms with Crippen molar-refractivity contribution in [3.63, 3.8) is 0 Å². The summed E-state index contributed by atoms with van der Waals surface area (Å²) >= 11 is 5.02. The quantitative estimate of drug-likeness (QED) is 0.498. The van der Waals surface area contributed by atoms with Gasteiger partial charge in [0, 0.05) is 27.4 Å². The van der Waals surface area contributed by atoms with E-state index in [4.69, 9.17) is 10.8 Å². The van der Waals surface area contributed by atoms with Crippen LogP contribution in [0.1, 0.15) is 6.42 Å². The van der Waals surface area contributed by atoms with Gasteiger partial charge in [-0.1, -0.05) is 15.9 Å². The van der Waals surface area contributed by atoms with Crippen LogP contribution >= 0.6 is 27.7 Å². The zero-order valence-electron chi connectivity index (χ0n) is 7.16. The normalized spacial score (nSPS) is 10.3. The number of benzene rings is 1. The maximum absolute atomic E-state index is 8.61. The Hall–Kier alpha value is -0.190. The van der Waals surface area contributed by atoms with Gasteiger partial charge in [0.15, 0.2) is 0 Å². The van der Waals surface area contributed by atoms with Gasteiger partial charge in [-0.2, -0.15) is 0 Å². The predicted molar refractivity (Wildman–Crippen MR) is 61.0 cm³/mol. The number of thioether (sulfide) groups is 1. The number of rotatable bonds is 4.